The normalized spacial score (nSPS) is 10.9. The molecule has 1 rings (SSSR count). The summed E-state index contributed by atoms with van der Waals surface area (Å²) in [5, 5.41) is 0. The molecule has 0 unspecified atom stereocenters. The third kappa shape index (κ3) is 1.58. The molecule has 1 aromatic rings. The number of hydrogen-bond acceptors (Lipinski definition) is 3. The van der Waals surface area contributed by atoms with Gasteiger partial charge in [-0.2, -0.15) is 0 Å². The molecular weight excluding hydrogens is 154 g/mol. The summed E-state index contributed by atoms with van der Waals surface area (Å²) in [4.78, 5) is 21.8. The lowest BCUT2D eigenvalue weighted by Gasteiger charge is -1.98. The van der Waals surface area contributed by atoms with E-state index in [-0.39, 0.29) is 5.56 Å². The van der Waals surface area contributed by atoms with Crippen LogP contribution in [0.4, 0.5) is 5.69 Å². The molecule has 4 nitrogen and oxygen atoms in total. The molecule has 1 heterocycles. The number of aromatic nitrogens is 2. The highest BCUT2D eigenvalue weighted by atomic mass is 16.1. The van der Waals surface area contributed by atoms with Crippen molar-refractivity contribution in [3.8, 4) is 0 Å². The summed E-state index contributed by atoms with van der Waals surface area (Å²) in [6, 6.07) is 0. The van der Waals surface area contributed by atoms with Gasteiger partial charge in [0.15, 0.2) is 0 Å². The summed E-state index contributed by atoms with van der Waals surface area (Å²) in [7, 11) is 0. The summed E-state index contributed by atoms with van der Waals surface area (Å²) in [6.07, 6.45) is 1.58. The second-order valence-electron chi connectivity index (χ2n) is 2.47. The van der Waals surface area contributed by atoms with Gasteiger partial charge < -0.3 is 4.98 Å². The smallest absolute Gasteiger partial charge is 0.277 e. The van der Waals surface area contributed by atoms with Gasteiger partial charge in [-0.1, -0.05) is 0 Å². The molecule has 0 aromatic carbocycles. The molecule has 0 atom stereocenters. The van der Waals surface area contributed by atoms with Gasteiger partial charge in [0, 0.05) is 6.21 Å². The number of aryl methyl sites for hydroxylation is 2. The maximum atomic E-state index is 11.2. The molecule has 0 aliphatic rings. The van der Waals surface area contributed by atoms with Crippen molar-refractivity contribution in [3.05, 3.63) is 21.9 Å². The number of H-pyrrole nitrogens is 1. The Kier molecular flexibility index (Phi) is 2.38. The highest BCUT2D eigenvalue weighted by molar-refractivity contribution is 5.60. The number of hydrogen-bond donors (Lipinski definition) is 1. The van der Waals surface area contributed by atoms with Crippen LogP contribution in [0.25, 0.3) is 0 Å². The van der Waals surface area contributed by atoms with E-state index in [1.165, 1.54) is 0 Å². The van der Waals surface area contributed by atoms with Crippen molar-refractivity contribution < 1.29 is 0 Å². The van der Waals surface area contributed by atoms with Crippen molar-refractivity contribution in [1.82, 2.24) is 9.97 Å². The minimum absolute atomic E-state index is 0.182. The van der Waals surface area contributed by atoms with Gasteiger partial charge in [-0.3, -0.25) is 9.79 Å². The van der Waals surface area contributed by atoms with Gasteiger partial charge in [-0.15, -0.1) is 0 Å². The molecule has 12 heavy (non-hydrogen) atoms. The van der Waals surface area contributed by atoms with Crippen LogP contribution in [0, 0.1) is 13.8 Å². The van der Waals surface area contributed by atoms with Crippen molar-refractivity contribution >= 4 is 11.9 Å². The van der Waals surface area contributed by atoms with E-state index < -0.39 is 0 Å². The fourth-order valence-corrected chi connectivity index (χ4v) is 1.00. The van der Waals surface area contributed by atoms with Crippen molar-refractivity contribution in [3.63, 3.8) is 0 Å². The fourth-order valence-electron chi connectivity index (χ4n) is 1.00. The summed E-state index contributed by atoms with van der Waals surface area (Å²) in [5.74, 6) is 0.618. The van der Waals surface area contributed by atoms with Crippen molar-refractivity contribution in [1.29, 1.82) is 0 Å². The van der Waals surface area contributed by atoms with Crippen LogP contribution in [0.3, 0.4) is 0 Å². The predicted molar refractivity (Wildman–Crippen MR) is 48.2 cm³/mol. The van der Waals surface area contributed by atoms with E-state index >= 15 is 0 Å². The van der Waals surface area contributed by atoms with Gasteiger partial charge in [0.25, 0.3) is 5.56 Å². The third-order valence-corrected chi connectivity index (χ3v) is 1.45. The Bertz CT molecular complexity index is 365. The number of aromatic amines is 1. The molecule has 0 bridgehead atoms. The maximum absolute atomic E-state index is 11.2. The lowest BCUT2D eigenvalue weighted by Crippen LogP contribution is -2.10. The quantitative estimate of drug-likeness (QED) is 0.633. The molecule has 1 aromatic heterocycles. The first-order valence-corrected chi connectivity index (χ1v) is 3.71. The highest BCUT2D eigenvalue weighted by Gasteiger charge is 2.02. The molecule has 1 N–H and O–H groups in total. The molecule has 0 aliphatic carbocycles. The van der Waals surface area contributed by atoms with Crippen LogP contribution in [-0.4, -0.2) is 16.2 Å². The fraction of sp³-hybridized carbons (Fsp3) is 0.375. The lowest BCUT2D eigenvalue weighted by atomic mass is 10.3. The highest BCUT2D eigenvalue weighted by Crippen LogP contribution is 2.07. The number of nitrogens with one attached hydrogen (secondary N) is 1. The Morgan fingerprint density at radius 1 is 1.50 bits per heavy atom. The minimum atomic E-state index is -0.182. The van der Waals surface area contributed by atoms with Crippen LogP contribution >= 0.6 is 0 Å². The van der Waals surface area contributed by atoms with Crippen molar-refractivity contribution in [2.45, 2.75) is 20.8 Å². The molecule has 0 amide bonds. The van der Waals surface area contributed by atoms with E-state index in [9.17, 15) is 4.79 Å². The Hall–Kier alpha value is -1.45. The zero-order chi connectivity index (χ0) is 9.14. The van der Waals surface area contributed by atoms with Gasteiger partial charge in [-0.25, -0.2) is 4.98 Å². The second kappa shape index (κ2) is 3.30. The predicted octanol–water partition coefficient (Wildman–Crippen LogP) is 1.11. The molecular formula is C8H11N3O. The van der Waals surface area contributed by atoms with Gasteiger partial charge in [0.2, 0.25) is 0 Å². The van der Waals surface area contributed by atoms with Crippen LogP contribution in [0.2, 0.25) is 0 Å². The van der Waals surface area contributed by atoms with Gasteiger partial charge >= 0.3 is 0 Å². The van der Waals surface area contributed by atoms with E-state index in [2.05, 4.69) is 15.0 Å². The second-order valence-corrected chi connectivity index (χ2v) is 2.47. The Morgan fingerprint density at radius 2 is 2.17 bits per heavy atom. The lowest BCUT2D eigenvalue weighted by molar-refractivity contribution is 0.979. The first-order valence-electron chi connectivity index (χ1n) is 3.71. The van der Waals surface area contributed by atoms with E-state index in [0.717, 1.165) is 0 Å². The first kappa shape index (κ1) is 8.64. The van der Waals surface area contributed by atoms with Crippen LogP contribution < -0.4 is 5.56 Å². The van der Waals surface area contributed by atoms with Crippen LogP contribution in [0.15, 0.2) is 9.79 Å². The molecule has 0 fully saturated rings. The molecule has 0 spiro atoms. The van der Waals surface area contributed by atoms with Crippen molar-refractivity contribution in [2.24, 2.45) is 4.99 Å². The molecule has 0 saturated heterocycles. The average molecular weight is 165 g/mol. The zero-order valence-electron chi connectivity index (χ0n) is 7.38. The van der Waals surface area contributed by atoms with Gasteiger partial charge in [0.05, 0.1) is 5.69 Å². The molecule has 4 heteroatoms. The third-order valence-electron chi connectivity index (χ3n) is 1.45. The zero-order valence-corrected chi connectivity index (χ0v) is 7.38. The SMILES string of the molecule is CC=Nc1c(C)nc(C)[nH]c1=O. The number of rotatable bonds is 1. The maximum Gasteiger partial charge on any atom is 0.277 e. The Morgan fingerprint density at radius 3 is 2.67 bits per heavy atom. The van der Waals surface area contributed by atoms with E-state index in [1.807, 2.05) is 0 Å². The van der Waals surface area contributed by atoms with Crippen LogP contribution in [0.1, 0.15) is 18.4 Å². The van der Waals surface area contributed by atoms with Crippen LogP contribution in [-0.2, 0) is 0 Å². The average Bonchev–Trinajstić information content (AvgIpc) is 1.96. The monoisotopic (exact) mass is 165 g/mol. The largest absolute Gasteiger partial charge is 0.309 e. The Labute approximate surface area is 70.4 Å². The topological polar surface area (TPSA) is 58.1 Å². The molecule has 0 saturated carbocycles. The summed E-state index contributed by atoms with van der Waals surface area (Å²) >= 11 is 0. The number of nitrogens with zero attached hydrogens (tertiary/aromatic N) is 2. The molecule has 64 valence electrons. The summed E-state index contributed by atoms with van der Waals surface area (Å²) < 4.78 is 0. The van der Waals surface area contributed by atoms with E-state index in [1.54, 1.807) is 27.0 Å². The standard InChI is InChI=1S/C8H11N3O/c1-4-9-7-5(2)10-6(3)11-8(7)12/h4H,1-3H3,(H,10,11,12). The van der Waals surface area contributed by atoms with E-state index in [4.69, 9.17) is 0 Å². The van der Waals surface area contributed by atoms with E-state index in [0.29, 0.717) is 17.2 Å². The Balaban J connectivity index is 3.38. The van der Waals surface area contributed by atoms with Crippen molar-refractivity contribution in [2.75, 3.05) is 0 Å². The minimum Gasteiger partial charge on any atom is -0.309 e. The number of aliphatic imine (C=N–C) groups is 1. The van der Waals surface area contributed by atoms with Crippen LogP contribution in [0.5, 0.6) is 0 Å². The molecule has 0 radical (unpaired) electrons. The summed E-state index contributed by atoms with van der Waals surface area (Å²) in [6.45, 7) is 5.27. The summed E-state index contributed by atoms with van der Waals surface area (Å²) in [5.41, 5.74) is 0.871. The van der Waals surface area contributed by atoms with Gasteiger partial charge in [-0.05, 0) is 20.8 Å². The first-order chi connectivity index (χ1) is 5.65. The van der Waals surface area contributed by atoms with Gasteiger partial charge in [0.1, 0.15) is 11.5 Å². The molecule has 0 aliphatic heterocycles.